The molecule has 3 aliphatic rings. The van der Waals surface area contributed by atoms with E-state index in [0.717, 1.165) is 39.1 Å². The van der Waals surface area contributed by atoms with Gasteiger partial charge >= 0.3 is 5.97 Å². The molecular formula is C31H23NO6. The zero-order valence-electron chi connectivity index (χ0n) is 20.8. The minimum absolute atomic E-state index is 0.139. The fraction of sp³-hybridized carbons (Fsp3) is 0.161. The summed E-state index contributed by atoms with van der Waals surface area (Å²) in [5.41, 5.74) is 4.89. The van der Waals surface area contributed by atoms with Crippen LogP contribution in [-0.2, 0) is 11.8 Å². The van der Waals surface area contributed by atoms with Crippen LogP contribution in [0.3, 0.4) is 0 Å². The summed E-state index contributed by atoms with van der Waals surface area (Å²) >= 11 is 0. The molecule has 0 N–H and O–H groups in total. The molecule has 0 bridgehead atoms. The van der Waals surface area contributed by atoms with Crippen molar-refractivity contribution in [3.05, 3.63) is 94.4 Å². The number of aromatic nitrogens is 1. The molecule has 4 aromatic rings. The van der Waals surface area contributed by atoms with Crippen LogP contribution in [0.5, 0.6) is 23.0 Å². The summed E-state index contributed by atoms with van der Waals surface area (Å²) in [6.07, 6.45) is 5.92. The Morgan fingerprint density at radius 2 is 1.89 bits per heavy atom. The minimum Gasteiger partial charge on any atom is -0.497 e. The summed E-state index contributed by atoms with van der Waals surface area (Å²) in [6, 6.07) is 17.0. The number of allylic oxidation sites excluding steroid dienone is 1. The van der Waals surface area contributed by atoms with Crippen molar-refractivity contribution >= 4 is 34.8 Å². The van der Waals surface area contributed by atoms with Crippen LogP contribution in [0.1, 0.15) is 39.4 Å². The van der Waals surface area contributed by atoms with Gasteiger partial charge in [-0.1, -0.05) is 18.2 Å². The summed E-state index contributed by atoms with van der Waals surface area (Å²) in [5.74, 6) is 1.74. The van der Waals surface area contributed by atoms with Gasteiger partial charge in [0.1, 0.15) is 29.6 Å². The summed E-state index contributed by atoms with van der Waals surface area (Å²) in [4.78, 5) is 26.0. The van der Waals surface area contributed by atoms with Gasteiger partial charge in [-0.3, -0.25) is 9.59 Å². The highest BCUT2D eigenvalue weighted by atomic mass is 16.5. The van der Waals surface area contributed by atoms with Gasteiger partial charge in [-0.15, -0.1) is 0 Å². The largest absolute Gasteiger partial charge is 0.497 e. The minimum atomic E-state index is -0.330. The maximum absolute atomic E-state index is 13.5. The van der Waals surface area contributed by atoms with Gasteiger partial charge < -0.3 is 23.5 Å². The molecular weight excluding hydrogens is 482 g/mol. The molecule has 7 heteroatoms. The quantitative estimate of drug-likeness (QED) is 0.203. The van der Waals surface area contributed by atoms with Crippen molar-refractivity contribution in [2.75, 3.05) is 13.7 Å². The standard InChI is InChI=1S/C31H23NO6/c1-32-15-18(22-13-20(35-2)7-9-24(22)32)12-27-30(34)21-8-10-26-29(31(21)38-27)23(14-28(33)37-26)19-11-17-5-3-4-6-25(17)36-16-19/h3-13,15,23H,14,16H2,1-2H3. The van der Waals surface area contributed by atoms with E-state index in [4.69, 9.17) is 18.9 Å². The van der Waals surface area contributed by atoms with E-state index >= 15 is 0 Å². The van der Waals surface area contributed by atoms with E-state index in [1.54, 1.807) is 25.3 Å². The monoisotopic (exact) mass is 505 g/mol. The Hall–Kier alpha value is -4.78. The number of aryl methyl sites for hydroxylation is 1. The molecule has 0 spiro atoms. The van der Waals surface area contributed by atoms with E-state index in [1.165, 1.54) is 0 Å². The van der Waals surface area contributed by atoms with E-state index in [0.29, 0.717) is 29.2 Å². The number of benzene rings is 3. The fourth-order valence-corrected chi connectivity index (χ4v) is 5.54. The van der Waals surface area contributed by atoms with E-state index in [9.17, 15) is 9.59 Å². The normalized spacial score (nSPS) is 18.7. The lowest BCUT2D eigenvalue weighted by Crippen LogP contribution is -2.24. The molecule has 1 unspecified atom stereocenters. The molecule has 0 aliphatic carbocycles. The van der Waals surface area contributed by atoms with E-state index in [1.807, 2.05) is 60.3 Å². The number of nitrogens with zero attached hydrogens (tertiary/aromatic N) is 1. The smallest absolute Gasteiger partial charge is 0.312 e. The molecule has 38 heavy (non-hydrogen) atoms. The fourth-order valence-electron chi connectivity index (χ4n) is 5.54. The number of para-hydroxylation sites is 1. The topological polar surface area (TPSA) is 76.0 Å². The summed E-state index contributed by atoms with van der Waals surface area (Å²) in [6.45, 7) is 0.340. The third kappa shape index (κ3) is 3.43. The maximum Gasteiger partial charge on any atom is 0.312 e. The van der Waals surface area contributed by atoms with Gasteiger partial charge in [0.05, 0.1) is 19.1 Å². The highest BCUT2D eigenvalue weighted by Crippen LogP contribution is 2.50. The number of ketones is 1. The Bertz CT molecular complexity index is 1740. The first kappa shape index (κ1) is 22.4. The predicted octanol–water partition coefficient (Wildman–Crippen LogP) is 5.67. The number of hydrogen-bond acceptors (Lipinski definition) is 6. The number of fused-ring (bicyclic) bond motifs is 5. The van der Waals surface area contributed by atoms with Crippen LogP contribution in [0.15, 0.2) is 72.1 Å². The second kappa shape index (κ2) is 8.38. The van der Waals surface area contributed by atoms with Gasteiger partial charge in [0, 0.05) is 46.8 Å². The lowest BCUT2D eigenvalue weighted by atomic mass is 9.83. The first-order valence-electron chi connectivity index (χ1n) is 12.4. The van der Waals surface area contributed by atoms with Crippen LogP contribution < -0.4 is 18.9 Å². The zero-order valence-corrected chi connectivity index (χ0v) is 20.8. The number of ether oxygens (including phenoxy) is 4. The molecule has 7 nitrogen and oxygen atoms in total. The number of hydrogen-bond donors (Lipinski definition) is 0. The molecule has 0 radical (unpaired) electrons. The number of esters is 1. The van der Waals surface area contributed by atoms with Crippen molar-refractivity contribution in [3.8, 4) is 23.0 Å². The third-order valence-corrected chi connectivity index (χ3v) is 7.40. The molecule has 7 rings (SSSR count). The molecule has 0 saturated heterocycles. The van der Waals surface area contributed by atoms with Crippen molar-refractivity contribution in [1.82, 2.24) is 4.57 Å². The van der Waals surface area contributed by atoms with Crippen molar-refractivity contribution < 1.29 is 28.5 Å². The average molecular weight is 506 g/mol. The molecule has 1 atom stereocenters. The third-order valence-electron chi connectivity index (χ3n) is 7.40. The second-order valence-corrected chi connectivity index (χ2v) is 9.65. The number of methoxy groups -OCH3 is 1. The summed E-state index contributed by atoms with van der Waals surface area (Å²) in [7, 11) is 3.58. The van der Waals surface area contributed by atoms with E-state index < -0.39 is 0 Å². The zero-order chi connectivity index (χ0) is 26.0. The van der Waals surface area contributed by atoms with E-state index in [2.05, 4.69) is 6.08 Å². The van der Waals surface area contributed by atoms with Gasteiger partial charge in [0.25, 0.3) is 0 Å². The molecule has 0 saturated carbocycles. The molecule has 0 fully saturated rings. The van der Waals surface area contributed by atoms with Crippen molar-refractivity contribution in [2.45, 2.75) is 12.3 Å². The number of carbonyl (C=O) groups excluding carboxylic acids is 2. The Morgan fingerprint density at radius 1 is 1.03 bits per heavy atom. The number of Topliss-reactive ketones (excluding diaryl/α,β-unsaturated/α-hetero) is 1. The predicted molar refractivity (Wildman–Crippen MR) is 142 cm³/mol. The summed E-state index contributed by atoms with van der Waals surface area (Å²) in [5, 5.41) is 0.948. The lowest BCUT2D eigenvalue weighted by molar-refractivity contribution is -0.135. The Labute approximate surface area is 218 Å². The highest BCUT2D eigenvalue weighted by molar-refractivity contribution is 6.16. The van der Waals surface area contributed by atoms with Crippen LogP contribution in [0, 0.1) is 0 Å². The number of carbonyl (C=O) groups is 2. The van der Waals surface area contributed by atoms with Crippen LogP contribution >= 0.6 is 0 Å². The van der Waals surface area contributed by atoms with E-state index in [-0.39, 0.29) is 29.9 Å². The van der Waals surface area contributed by atoms with Gasteiger partial charge in [-0.2, -0.15) is 0 Å². The molecule has 3 aromatic carbocycles. The number of rotatable bonds is 3. The van der Waals surface area contributed by atoms with Crippen molar-refractivity contribution in [1.29, 1.82) is 0 Å². The Balaban J connectivity index is 1.32. The van der Waals surface area contributed by atoms with Crippen molar-refractivity contribution in [3.63, 3.8) is 0 Å². The SMILES string of the molecule is COc1ccc2c(c1)c(C=C1Oc3c(ccc4c3C(C3=Cc5ccccc5OC3)CC(=O)O4)C1=O)cn2C. The Morgan fingerprint density at radius 3 is 2.76 bits per heavy atom. The van der Waals surface area contributed by atoms with Gasteiger partial charge in [-0.25, -0.2) is 0 Å². The molecule has 4 heterocycles. The van der Waals surface area contributed by atoms with Gasteiger partial charge in [-0.05, 0) is 54.1 Å². The van der Waals surface area contributed by atoms with Crippen LogP contribution in [-0.4, -0.2) is 30.0 Å². The van der Waals surface area contributed by atoms with Gasteiger partial charge in [0.15, 0.2) is 5.76 Å². The first-order valence-corrected chi connectivity index (χ1v) is 12.4. The average Bonchev–Trinajstić information content (AvgIpc) is 3.42. The van der Waals surface area contributed by atoms with Crippen LogP contribution in [0.4, 0.5) is 0 Å². The van der Waals surface area contributed by atoms with Gasteiger partial charge in [0.2, 0.25) is 5.78 Å². The maximum atomic E-state index is 13.5. The summed E-state index contributed by atoms with van der Waals surface area (Å²) < 4.78 is 25.3. The first-order chi connectivity index (χ1) is 18.5. The molecule has 188 valence electrons. The highest BCUT2D eigenvalue weighted by Gasteiger charge is 2.39. The van der Waals surface area contributed by atoms with Crippen molar-refractivity contribution in [2.24, 2.45) is 7.05 Å². The Kier molecular flexibility index (Phi) is 4.94. The molecule has 3 aliphatic heterocycles. The molecule has 1 aromatic heterocycles. The van der Waals surface area contributed by atoms with Crippen LogP contribution in [0.25, 0.3) is 23.1 Å². The van der Waals surface area contributed by atoms with Crippen LogP contribution in [0.2, 0.25) is 0 Å². The second-order valence-electron chi connectivity index (χ2n) is 9.65. The lowest BCUT2D eigenvalue weighted by Gasteiger charge is -2.29. The molecule has 0 amide bonds.